The van der Waals surface area contributed by atoms with Gasteiger partial charge in [-0.2, -0.15) is 0 Å². The molecule has 2 N–H and O–H groups in total. The van der Waals surface area contributed by atoms with E-state index in [2.05, 4.69) is 21.7 Å². The van der Waals surface area contributed by atoms with E-state index < -0.39 is 0 Å². The second-order valence-electron chi connectivity index (χ2n) is 6.17. The van der Waals surface area contributed by atoms with Crippen LogP contribution in [0.3, 0.4) is 0 Å². The molecule has 0 aromatic carbocycles. The number of nitrogens with zero attached hydrogens (tertiary/aromatic N) is 3. The van der Waals surface area contributed by atoms with Gasteiger partial charge in [0, 0.05) is 24.4 Å². The lowest BCUT2D eigenvalue weighted by molar-refractivity contribution is 0.249. The van der Waals surface area contributed by atoms with Crippen LogP contribution in [0.5, 0.6) is 0 Å². The molecule has 0 amide bonds. The minimum absolute atomic E-state index is 0.0356. The summed E-state index contributed by atoms with van der Waals surface area (Å²) in [6, 6.07) is 0.239. The molecule has 100 valence electrons. The second kappa shape index (κ2) is 4.65. The summed E-state index contributed by atoms with van der Waals surface area (Å²) in [6.45, 7) is 3.37. The van der Waals surface area contributed by atoms with Gasteiger partial charge in [0.25, 0.3) is 0 Å². The monoisotopic (exact) mass is 248 g/mol. The van der Waals surface area contributed by atoms with E-state index in [9.17, 15) is 0 Å². The van der Waals surface area contributed by atoms with Crippen LogP contribution in [-0.4, -0.2) is 20.8 Å². The SMILES string of the molecule is CC1(c2nnc3n2CCCCC3)CCCCC1N. The van der Waals surface area contributed by atoms with Crippen LogP contribution in [0.2, 0.25) is 0 Å². The first kappa shape index (κ1) is 12.2. The predicted molar refractivity (Wildman–Crippen MR) is 71.4 cm³/mol. The fourth-order valence-electron chi connectivity index (χ4n) is 3.55. The van der Waals surface area contributed by atoms with Crippen molar-refractivity contribution in [3.8, 4) is 0 Å². The van der Waals surface area contributed by atoms with E-state index in [-0.39, 0.29) is 11.5 Å². The van der Waals surface area contributed by atoms with E-state index in [0.717, 1.165) is 31.6 Å². The van der Waals surface area contributed by atoms with E-state index in [0.29, 0.717) is 0 Å². The Morgan fingerprint density at radius 3 is 2.89 bits per heavy atom. The van der Waals surface area contributed by atoms with Crippen LogP contribution >= 0.6 is 0 Å². The molecular weight excluding hydrogens is 224 g/mol. The van der Waals surface area contributed by atoms with Gasteiger partial charge in [0.05, 0.1) is 0 Å². The minimum Gasteiger partial charge on any atom is -0.327 e. The smallest absolute Gasteiger partial charge is 0.140 e. The number of hydrogen-bond donors (Lipinski definition) is 1. The molecule has 0 radical (unpaired) electrons. The molecule has 1 saturated carbocycles. The van der Waals surface area contributed by atoms with Gasteiger partial charge >= 0.3 is 0 Å². The van der Waals surface area contributed by atoms with Crippen molar-refractivity contribution in [2.75, 3.05) is 0 Å². The number of aromatic nitrogens is 3. The Hall–Kier alpha value is -0.900. The van der Waals surface area contributed by atoms with Crippen molar-refractivity contribution >= 4 is 0 Å². The van der Waals surface area contributed by atoms with Gasteiger partial charge in [-0.25, -0.2) is 0 Å². The molecule has 0 saturated heterocycles. The van der Waals surface area contributed by atoms with Crippen LogP contribution in [0.25, 0.3) is 0 Å². The van der Waals surface area contributed by atoms with Crippen LogP contribution in [0, 0.1) is 0 Å². The largest absolute Gasteiger partial charge is 0.327 e. The summed E-state index contributed by atoms with van der Waals surface area (Å²) in [5.74, 6) is 2.34. The van der Waals surface area contributed by atoms with E-state index in [1.807, 2.05) is 0 Å². The quantitative estimate of drug-likeness (QED) is 0.828. The van der Waals surface area contributed by atoms with Gasteiger partial charge in [-0.15, -0.1) is 10.2 Å². The number of rotatable bonds is 1. The molecule has 0 spiro atoms. The Labute approximate surface area is 109 Å². The fourth-order valence-corrected chi connectivity index (χ4v) is 3.55. The van der Waals surface area contributed by atoms with Gasteiger partial charge in [0.1, 0.15) is 11.6 Å². The minimum atomic E-state index is 0.0356. The fraction of sp³-hybridized carbons (Fsp3) is 0.857. The van der Waals surface area contributed by atoms with Crippen molar-refractivity contribution in [2.24, 2.45) is 5.73 Å². The summed E-state index contributed by atoms with van der Waals surface area (Å²) in [7, 11) is 0. The molecule has 2 aliphatic rings. The standard InChI is InChI=1S/C14H24N4/c1-14(9-5-4-7-11(14)15)13-17-16-12-8-3-2-6-10-18(12)13/h11H,2-10,15H2,1H3. The van der Waals surface area contributed by atoms with Crippen molar-refractivity contribution < 1.29 is 0 Å². The van der Waals surface area contributed by atoms with Crippen LogP contribution in [-0.2, 0) is 18.4 Å². The van der Waals surface area contributed by atoms with Gasteiger partial charge < -0.3 is 10.3 Å². The number of aryl methyl sites for hydroxylation is 1. The molecule has 18 heavy (non-hydrogen) atoms. The summed E-state index contributed by atoms with van der Waals surface area (Å²) < 4.78 is 2.37. The van der Waals surface area contributed by atoms with Gasteiger partial charge in [0.15, 0.2) is 0 Å². The van der Waals surface area contributed by atoms with E-state index in [1.54, 1.807) is 0 Å². The highest BCUT2D eigenvalue weighted by atomic mass is 15.3. The van der Waals surface area contributed by atoms with E-state index in [4.69, 9.17) is 5.73 Å². The molecule has 4 nitrogen and oxygen atoms in total. The van der Waals surface area contributed by atoms with Crippen molar-refractivity contribution in [2.45, 2.75) is 76.3 Å². The zero-order valence-electron chi connectivity index (χ0n) is 11.4. The van der Waals surface area contributed by atoms with Crippen LogP contribution < -0.4 is 5.73 Å². The van der Waals surface area contributed by atoms with Gasteiger partial charge in [-0.05, 0) is 25.7 Å². The predicted octanol–water partition coefficient (Wildman–Crippen LogP) is 2.16. The summed E-state index contributed by atoms with van der Waals surface area (Å²) in [6.07, 6.45) is 9.71. The second-order valence-corrected chi connectivity index (χ2v) is 6.17. The molecule has 1 aliphatic heterocycles. The maximum atomic E-state index is 6.40. The molecule has 0 bridgehead atoms. The van der Waals surface area contributed by atoms with Crippen LogP contribution in [0.4, 0.5) is 0 Å². The molecule has 1 aliphatic carbocycles. The van der Waals surface area contributed by atoms with E-state index in [1.165, 1.54) is 37.9 Å². The highest BCUT2D eigenvalue weighted by molar-refractivity contribution is 5.15. The molecule has 1 aromatic heterocycles. The van der Waals surface area contributed by atoms with Crippen molar-refractivity contribution in [3.63, 3.8) is 0 Å². The Morgan fingerprint density at radius 1 is 1.17 bits per heavy atom. The Bertz CT molecular complexity index is 425. The summed E-state index contributed by atoms with van der Waals surface area (Å²) >= 11 is 0. The van der Waals surface area contributed by atoms with Crippen LogP contribution in [0.15, 0.2) is 0 Å². The molecule has 4 heteroatoms. The maximum Gasteiger partial charge on any atom is 0.140 e. The molecule has 1 fully saturated rings. The highest BCUT2D eigenvalue weighted by Gasteiger charge is 2.40. The molecule has 2 unspecified atom stereocenters. The topological polar surface area (TPSA) is 56.7 Å². The lowest BCUT2D eigenvalue weighted by Crippen LogP contribution is -2.47. The number of fused-ring (bicyclic) bond motifs is 1. The number of nitrogens with two attached hydrogens (primary N) is 1. The van der Waals surface area contributed by atoms with Gasteiger partial charge in [0.2, 0.25) is 0 Å². The highest BCUT2D eigenvalue weighted by Crippen LogP contribution is 2.38. The summed E-state index contributed by atoms with van der Waals surface area (Å²) in [5, 5.41) is 8.95. The zero-order chi connectivity index (χ0) is 12.6. The van der Waals surface area contributed by atoms with Crippen LogP contribution in [0.1, 0.15) is 63.5 Å². The van der Waals surface area contributed by atoms with Gasteiger partial charge in [-0.3, -0.25) is 0 Å². The van der Waals surface area contributed by atoms with Crippen molar-refractivity contribution in [3.05, 3.63) is 11.6 Å². The third-order valence-corrected chi connectivity index (χ3v) is 4.90. The molecule has 2 heterocycles. The lowest BCUT2D eigenvalue weighted by atomic mass is 9.71. The van der Waals surface area contributed by atoms with E-state index >= 15 is 0 Å². The summed E-state index contributed by atoms with van der Waals surface area (Å²) in [4.78, 5) is 0. The average Bonchev–Trinajstić information content (AvgIpc) is 2.64. The molecule has 3 rings (SSSR count). The normalized spacial score (nSPS) is 32.9. The third-order valence-electron chi connectivity index (χ3n) is 4.90. The molecule has 2 atom stereocenters. The molecule has 1 aromatic rings. The third kappa shape index (κ3) is 1.87. The first-order valence-corrected chi connectivity index (χ1v) is 7.40. The maximum absolute atomic E-state index is 6.40. The average molecular weight is 248 g/mol. The first-order valence-electron chi connectivity index (χ1n) is 7.40. The first-order chi connectivity index (χ1) is 8.72. The Morgan fingerprint density at radius 2 is 2.06 bits per heavy atom. The van der Waals surface area contributed by atoms with Crippen molar-refractivity contribution in [1.29, 1.82) is 0 Å². The Kier molecular flexibility index (Phi) is 3.14. The van der Waals surface area contributed by atoms with Crippen molar-refractivity contribution in [1.82, 2.24) is 14.8 Å². The van der Waals surface area contributed by atoms with Gasteiger partial charge in [-0.1, -0.05) is 26.2 Å². The number of hydrogen-bond acceptors (Lipinski definition) is 3. The lowest BCUT2D eigenvalue weighted by Gasteiger charge is -2.38. The molecular formula is C14H24N4. The zero-order valence-corrected chi connectivity index (χ0v) is 11.4. The Balaban J connectivity index is 1.98. The summed E-state index contributed by atoms with van der Waals surface area (Å²) in [5.41, 5.74) is 6.43.